The van der Waals surface area contributed by atoms with Crippen molar-refractivity contribution >= 4 is 0 Å². The number of nitrogens with zero attached hydrogens (tertiary/aromatic N) is 2. The minimum Gasteiger partial charge on any atom is -0.267 e. The van der Waals surface area contributed by atoms with Crippen molar-refractivity contribution < 1.29 is 8.78 Å². The topological polar surface area (TPSA) is 17.8 Å². The Balaban J connectivity index is 0. The van der Waals surface area contributed by atoms with Crippen LogP contribution in [0.1, 0.15) is 45.5 Å². The van der Waals surface area contributed by atoms with Gasteiger partial charge in [0.25, 0.3) is 6.43 Å². The number of hydrogen-bond donors (Lipinski definition) is 0. The molecule has 0 saturated carbocycles. The highest BCUT2D eigenvalue weighted by Crippen LogP contribution is 2.17. The molecule has 0 aliphatic rings. The van der Waals surface area contributed by atoms with Gasteiger partial charge in [-0.25, -0.2) is 8.78 Å². The molecule has 0 N–H and O–H groups in total. The van der Waals surface area contributed by atoms with Crippen LogP contribution in [0, 0.1) is 6.92 Å². The molecule has 4 heteroatoms. The Morgan fingerprint density at radius 2 is 1.64 bits per heavy atom. The van der Waals surface area contributed by atoms with E-state index in [4.69, 9.17) is 0 Å². The standard InChI is InChI=1S/C6H8F2N2.2C2H6/c1-4-3-5(6(7)8)10(2)9-4;2*1-2/h3,6H,1-2H3;2*1-2H3. The van der Waals surface area contributed by atoms with Gasteiger partial charge in [0.15, 0.2) is 0 Å². The predicted molar refractivity (Wildman–Crippen MR) is 55.6 cm³/mol. The number of hydrogen-bond acceptors (Lipinski definition) is 1. The summed E-state index contributed by atoms with van der Waals surface area (Å²) in [6.07, 6.45) is -2.42. The smallest absolute Gasteiger partial charge is 0.267 e. The van der Waals surface area contributed by atoms with Crippen molar-refractivity contribution in [3.63, 3.8) is 0 Å². The molecule has 0 atom stereocenters. The Bertz CT molecular complexity index is 232. The maximum Gasteiger partial charge on any atom is 0.280 e. The van der Waals surface area contributed by atoms with Gasteiger partial charge in [-0.05, 0) is 13.0 Å². The molecule has 0 aliphatic heterocycles. The predicted octanol–water partition coefficient (Wildman–Crippen LogP) is 3.72. The van der Waals surface area contributed by atoms with Gasteiger partial charge < -0.3 is 0 Å². The lowest BCUT2D eigenvalue weighted by atomic mass is 10.4. The molecule has 1 aromatic heterocycles. The summed E-state index contributed by atoms with van der Waals surface area (Å²) in [5.74, 6) is 0. The quantitative estimate of drug-likeness (QED) is 0.684. The van der Waals surface area contributed by atoms with Crippen LogP contribution in [0.25, 0.3) is 0 Å². The average Bonchev–Trinajstić information content (AvgIpc) is 2.52. The van der Waals surface area contributed by atoms with E-state index in [1.807, 2.05) is 27.7 Å². The van der Waals surface area contributed by atoms with Gasteiger partial charge in [0.05, 0.1) is 5.69 Å². The van der Waals surface area contributed by atoms with Crippen molar-refractivity contribution in [2.45, 2.75) is 41.0 Å². The maximum absolute atomic E-state index is 12.0. The molecule has 2 nitrogen and oxygen atoms in total. The van der Waals surface area contributed by atoms with Crippen molar-refractivity contribution in [2.75, 3.05) is 0 Å². The first kappa shape index (κ1) is 15.5. The summed E-state index contributed by atoms with van der Waals surface area (Å²) in [6.45, 7) is 9.69. The average molecular weight is 206 g/mol. The van der Waals surface area contributed by atoms with E-state index in [0.29, 0.717) is 5.69 Å². The minimum absolute atomic E-state index is 0.0301. The fraction of sp³-hybridized carbons (Fsp3) is 0.700. The van der Waals surface area contributed by atoms with Gasteiger partial charge in [0.1, 0.15) is 5.69 Å². The number of aromatic nitrogens is 2. The molecule has 1 aromatic rings. The molecule has 84 valence electrons. The molecule has 0 bridgehead atoms. The first-order chi connectivity index (χ1) is 6.61. The Labute approximate surface area is 84.9 Å². The third kappa shape index (κ3) is 4.94. The second kappa shape index (κ2) is 8.66. The molecular formula is C10H20F2N2. The van der Waals surface area contributed by atoms with Crippen LogP contribution in [0.4, 0.5) is 8.78 Å². The molecule has 0 saturated heterocycles. The van der Waals surface area contributed by atoms with Crippen LogP contribution in [0.5, 0.6) is 0 Å². The summed E-state index contributed by atoms with van der Waals surface area (Å²) in [4.78, 5) is 0. The molecule has 0 spiro atoms. The first-order valence-electron chi connectivity index (χ1n) is 4.90. The van der Waals surface area contributed by atoms with Crippen molar-refractivity contribution in [3.05, 3.63) is 17.5 Å². The Morgan fingerprint density at radius 1 is 1.21 bits per heavy atom. The Kier molecular flexibility index (Phi) is 9.61. The lowest BCUT2D eigenvalue weighted by Crippen LogP contribution is -1.97. The number of rotatable bonds is 1. The molecule has 0 radical (unpaired) electrons. The van der Waals surface area contributed by atoms with Gasteiger partial charge in [0.2, 0.25) is 0 Å². The van der Waals surface area contributed by atoms with Crippen LogP contribution >= 0.6 is 0 Å². The van der Waals surface area contributed by atoms with E-state index < -0.39 is 6.43 Å². The highest BCUT2D eigenvalue weighted by atomic mass is 19.3. The van der Waals surface area contributed by atoms with E-state index >= 15 is 0 Å². The molecule has 1 heterocycles. The summed E-state index contributed by atoms with van der Waals surface area (Å²) in [5.41, 5.74) is 0.593. The van der Waals surface area contributed by atoms with Crippen LogP contribution in [0.15, 0.2) is 6.07 Å². The molecular weight excluding hydrogens is 186 g/mol. The summed E-state index contributed by atoms with van der Waals surface area (Å²) < 4.78 is 25.2. The first-order valence-corrected chi connectivity index (χ1v) is 4.90. The summed E-state index contributed by atoms with van der Waals surface area (Å²) in [6, 6.07) is 1.38. The molecule has 0 unspecified atom stereocenters. The van der Waals surface area contributed by atoms with Crippen molar-refractivity contribution in [1.82, 2.24) is 9.78 Å². The van der Waals surface area contributed by atoms with Crippen molar-refractivity contribution in [1.29, 1.82) is 0 Å². The van der Waals surface area contributed by atoms with Crippen molar-refractivity contribution in [2.24, 2.45) is 7.05 Å². The van der Waals surface area contributed by atoms with E-state index in [9.17, 15) is 8.78 Å². The van der Waals surface area contributed by atoms with Crippen LogP contribution in [-0.2, 0) is 7.05 Å². The van der Waals surface area contributed by atoms with Gasteiger partial charge in [-0.1, -0.05) is 27.7 Å². The van der Waals surface area contributed by atoms with Crippen LogP contribution < -0.4 is 0 Å². The Hall–Kier alpha value is -0.930. The second-order valence-electron chi connectivity index (χ2n) is 2.13. The number of alkyl halides is 2. The largest absolute Gasteiger partial charge is 0.280 e. The fourth-order valence-corrected chi connectivity index (χ4v) is 0.835. The van der Waals surface area contributed by atoms with E-state index in [1.54, 1.807) is 6.92 Å². The van der Waals surface area contributed by atoms with Gasteiger partial charge in [-0.3, -0.25) is 4.68 Å². The lowest BCUT2D eigenvalue weighted by molar-refractivity contribution is 0.141. The molecule has 1 rings (SSSR count). The zero-order valence-corrected chi connectivity index (χ0v) is 9.81. The van der Waals surface area contributed by atoms with Gasteiger partial charge in [-0.15, -0.1) is 0 Å². The molecule has 0 aromatic carbocycles. The monoisotopic (exact) mass is 206 g/mol. The normalized spacial score (nSPS) is 8.64. The number of halogens is 2. The minimum atomic E-state index is -2.42. The second-order valence-corrected chi connectivity index (χ2v) is 2.13. The summed E-state index contributed by atoms with van der Waals surface area (Å²) >= 11 is 0. The summed E-state index contributed by atoms with van der Waals surface area (Å²) in [5, 5.41) is 3.77. The third-order valence-electron chi connectivity index (χ3n) is 1.26. The van der Waals surface area contributed by atoms with Gasteiger partial charge >= 0.3 is 0 Å². The van der Waals surface area contributed by atoms with Crippen LogP contribution in [-0.4, -0.2) is 9.78 Å². The molecule has 0 fully saturated rings. The van der Waals surface area contributed by atoms with E-state index in [0.717, 1.165) is 0 Å². The van der Waals surface area contributed by atoms with Gasteiger partial charge in [-0.2, -0.15) is 5.10 Å². The number of aryl methyl sites for hydroxylation is 2. The SMILES string of the molecule is CC.CC.Cc1cc(C(F)F)n(C)n1. The zero-order chi connectivity index (χ0) is 11.7. The van der Waals surface area contributed by atoms with E-state index in [2.05, 4.69) is 5.10 Å². The lowest BCUT2D eigenvalue weighted by Gasteiger charge is -1.96. The highest BCUT2D eigenvalue weighted by molar-refractivity contribution is 5.09. The van der Waals surface area contributed by atoms with E-state index in [-0.39, 0.29) is 5.69 Å². The third-order valence-corrected chi connectivity index (χ3v) is 1.26. The summed E-state index contributed by atoms with van der Waals surface area (Å²) in [7, 11) is 1.51. The fourth-order valence-electron chi connectivity index (χ4n) is 0.835. The molecule has 14 heavy (non-hydrogen) atoms. The van der Waals surface area contributed by atoms with Crippen LogP contribution in [0.3, 0.4) is 0 Å². The van der Waals surface area contributed by atoms with Crippen molar-refractivity contribution in [3.8, 4) is 0 Å². The molecule has 0 amide bonds. The van der Waals surface area contributed by atoms with E-state index in [1.165, 1.54) is 17.8 Å². The van der Waals surface area contributed by atoms with Gasteiger partial charge in [0, 0.05) is 7.05 Å². The maximum atomic E-state index is 12.0. The van der Waals surface area contributed by atoms with Crippen LogP contribution in [0.2, 0.25) is 0 Å². The zero-order valence-electron chi connectivity index (χ0n) is 9.81. The highest BCUT2D eigenvalue weighted by Gasteiger charge is 2.11. The Morgan fingerprint density at radius 3 is 1.79 bits per heavy atom. The molecule has 0 aliphatic carbocycles.